The van der Waals surface area contributed by atoms with Gasteiger partial charge in [0.15, 0.2) is 0 Å². The van der Waals surface area contributed by atoms with E-state index in [0.717, 1.165) is 5.56 Å². The van der Waals surface area contributed by atoms with Gasteiger partial charge in [0.25, 0.3) is 0 Å². The van der Waals surface area contributed by atoms with Gasteiger partial charge in [-0.05, 0) is 66.9 Å². The number of rotatable bonds is 5. The zero-order chi connectivity index (χ0) is 18.7. The lowest BCUT2D eigenvalue weighted by Crippen LogP contribution is -2.06. The summed E-state index contributed by atoms with van der Waals surface area (Å²) in [6, 6.07) is 19.0. The van der Waals surface area contributed by atoms with E-state index in [-0.39, 0.29) is 15.5 Å². The number of hydrogen-bond donors (Lipinski definition) is 1. The van der Waals surface area contributed by atoms with Crippen molar-refractivity contribution < 1.29 is 18.3 Å². The van der Waals surface area contributed by atoms with Gasteiger partial charge in [-0.25, -0.2) is 8.42 Å². The van der Waals surface area contributed by atoms with E-state index >= 15 is 0 Å². The van der Waals surface area contributed by atoms with Crippen LogP contribution in [-0.2, 0) is 16.4 Å². The zero-order valence-corrected chi connectivity index (χ0v) is 15.5. The Morgan fingerprint density at radius 2 is 1.46 bits per heavy atom. The summed E-state index contributed by atoms with van der Waals surface area (Å²) in [6.07, 6.45) is 0. The summed E-state index contributed by atoms with van der Waals surface area (Å²) in [5.41, 5.74) is 2.17. The Morgan fingerprint density at radius 1 is 0.846 bits per heavy atom. The van der Waals surface area contributed by atoms with Gasteiger partial charge in [0.05, 0.1) is 9.79 Å². The van der Waals surface area contributed by atoms with Crippen molar-refractivity contribution in [3.05, 3.63) is 83.4 Å². The van der Waals surface area contributed by atoms with Crippen molar-refractivity contribution >= 4 is 9.84 Å². The summed E-state index contributed by atoms with van der Waals surface area (Å²) < 4.78 is 31.7. The number of hydrogen-bond acceptors (Lipinski definition) is 4. The SMILES string of the molecule is Cc1cc(O)ccc1S(=O)(=O)c1ccc(OCc2ccccc2)cc1C. The standard InChI is InChI=1S/C21H20O4S/c1-15-12-18(22)8-10-20(15)26(23,24)21-11-9-19(13-16(21)2)25-14-17-6-4-3-5-7-17/h3-13,22H,14H2,1-2H3. The van der Waals surface area contributed by atoms with Crippen LogP contribution in [0.4, 0.5) is 0 Å². The Kier molecular flexibility index (Phi) is 5.00. The Morgan fingerprint density at radius 3 is 2.08 bits per heavy atom. The first-order valence-electron chi connectivity index (χ1n) is 8.20. The molecule has 0 aliphatic carbocycles. The van der Waals surface area contributed by atoms with E-state index in [0.29, 0.717) is 23.5 Å². The number of ether oxygens (including phenoxy) is 1. The molecular formula is C21H20O4S. The highest BCUT2D eigenvalue weighted by molar-refractivity contribution is 7.91. The van der Waals surface area contributed by atoms with Crippen LogP contribution in [0, 0.1) is 13.8 Å². The van der Waals surface area contributed by atoms with Crippen LogP contribution in [0.15, 0.2) is 76.5 Å². The van der Waals surface area contributed by atoms with Gasteiger partial charge >= 0.3 is 0 Å². The maximum Gasteiger partial charge on any atom is 0.207 e. The molecule has 0 unspecified atom stereocenters. The molecule has 0 amide bonds. The van der Waals surface area contributed by atoms with E-state index in [1.165, 1.54) is 18.2 Å². The van der Waals surface area contributed by atoms with Crippen LogP contribution in [0.3, 0.4) is 0 Å². The first-order valence-corrected chi connectivity index (χ1v) is 9.68. The lowest BCUT2D eigenvalue weighted by molar-refractivity contribution is 0.306. The van der Waals surface area contributed by atoms with Crippen molar-refractivity contribution in [2.24, 2.45) is 0 Å². The minimum atomic E-state index is -3.67. The Labute approximate surface area is 153 Å². The lowest BCUT2D eigenvalue weighted by Gasteiger charge is -2.13. The third-order valence-electron chi connectivity index (χ3n) is 4.13. The molecular weight excluding hydrogens is 348 g/mol. The summed E-state index contributed by atoms with van der Waals surface area (Å²) >= 11 is 0. The zero-order valence-electron chi connectivity index (χ0n) is 14.6. The highest BCUT2D eigenvalue weighted by Crippen LogP contribution is 2.30. The van der Waals surface area contributed by atoms with E-state index < -0.39 is 9.84 Å². The molecule has 0 aliphatic heterocycles. The minimum Gasteiger partial charge on any atom is -0.508 e. The van der Waals surface area contributed by atoms with Gasteiger partial charge in [0.1, 0.15) is 18.1 Å². The summed E-state index contributed by atoms with van der Waals surface area (Å²) in [7, 11) is -3.67. The first-order chi connectivity index (χ1) is 12.4. The monoisotopic (exact) mass is 368 g/mol. The number of benzene rings is 3. The van der Waals surface area contributed by atoms with Crippen LogP contribution >= 0.6 is 0 Å². The van der Waals surface area contributed by atoms with Crippen LogP contribution in [0.25, 0.3) is 0 Å². The summed E-state index contributed by atoms with van der Waals surface area (Å²) in [5.74, 6) is 0.663. The third kappa shape index (κ3) is 3.73. The molecule has 0 atom stereocenters. The average Bonchev–Trinajstić information content (AvgIpc) is 2.60. The molecule has 0 saturated heterocycles. The van der Waals surface area contributed by atoms with Gasteiger partial charge in [-0.1, -0.05) is 30.3 Å². The average molecular weight is 368 g/mol. The molecule has 0 aromatic heterocycles. The Bertz CT molecular complexity index is 1030. The molecule has 0 radical (unpaired) electrons. The predicted molar refractivity (Wildman–Crippen MR) is 100 cm³/mol. The fourth-order valence-corrected chi connectivity index (χ4v) is 4.50. The molecule has 0 aliphatic rings. The van der Waals surface area contributed by atoms with E-state index in [4.69, 9.17) is 4.74 Å². The molecule has 134 valence electrons. The second kappa shape index (κ2) is 7.22. The predicted octanol–water partition coefficient (Wildman–Crippen LogP) is 4.42. The molecule has 0 heterocycles. The minimum absolute atomic E-state index is 0.0443. The first kappa shape index (κ1) is 18.0. The van der Waals surface area contributed by atoms with Crippen molar-refractivity contribution in [2.45, 2.75) is 30.2 Å². The Balaban J connectivity index is 1.87. The fourth-order valence-electron chi connectivity index (χ4n) is 2.81. The topological polar surface area (TPSA) is 63.6 Å². The van der Waals surface area contributed by atoms with E-state index in [1.54, 1.807) is 32.0 Å². The number of aryl methyl sites for hydroxylation is 2. The fraction of sp³-hybridized carbons (Fsp3) is 0.143. The van der Waals surface area contributed by atoms with Gasteiger partial charge in [-0.3, -0.25) is 0 Å². The molecule has 0 spiro atoms. The Hall–Kier alpha value is -2.79. The van der Waals surface area contributed by atoms with Crippen LogP contribution in [0.2, 0.25) is 0 Å². The molecule has 3 rings (SSSR count). The van der Waals surface area contributed by atoms with Gasteiger partial charge in [-0.15, -0.1) is 0 Å². The van der Waals surface area contributed by atoms with E-state index in [9.17, 15) is 13.5 Å². The second-order valence-electron chi connectivity index (χ2n) is 6.15. The lowest BCUT2D eigenvalue weighted by atomic mass is 10.2. The van der Waals surface area contributed by atoms with Crippen molar-refractivity contribution in [3.8, 4) is 11.5 Å². The van der Waals surface area contributed by atoms with Crippen molar-refractivity contribution in [2.75, 3.05) is 0 Å². The second-order valence-corrected chi connectivity index (χ2v) is 8.04. The molecule has 3 aromatic rings. The van der Waals surface area contributed by atoms with Crippen molar-refractivity contribution in [1.82, 2.24) is 0 Å². The number of phenolic OH excluding ortho intramolecular Hbond substituents is 1. The van der Waals surface area contributed by atoms with Crippen molar-refractivity contribution in [1.29, 1.82) is 0 Å². The van der Waals surface area contributed by atoms with Crippen LogP contribution in [-0.4, -0.2) is 13.5 Å². The van der Waals surface area contributed by atoms with Gasteiger partial charge in [0.2, 0.25) is 9.84 Å². The summed E-state index contributed by atoms with van der Waals surface area (Å²) in [5, 5.41) is 9.51. The number of sulfone groups is 1. The molecule has 0 bridgehead atoms. The van der Waals surface area contributed by atoms with Crippen LogP contribution in [0.5, 0.6) is 11.5 Å². The molecule has 0 saturated carbocycles. The summed E-state index contributed by atoms with van der Waals surface area (Å²) in [4.78, 5) is 0.426. The molecule has 5 heteroatoms. The van der Waals surface area contributed by atoms with Crippen LogP contribution < -0.4 is 4.74 Å². The molecule has 4 nitrogen and oxygen atoms in total. The molecule has 1 N–H and O–H groups in total. The quantitative estimate of drug-likeness (QED) is 0.724. The van der Waals surface area contributed by atoms with Gasteiger partial charge in [0, 0.05) is 0 Å². The maximum atomic E-state index is 13.0. The largest absolute Gasteiger partial charge is 0.508 e. The highest BCUT2D eigenvalue weighted by Gasteiger charge is 2.22. The van der Waals surface area contributed by atoms with E-state index in [2.05, 4.69) is 0 Å². The highest BCUT2D eigenvalue weighted by atomic mass is 32.2. The summed E-state index contributed by atoms with van der Waals surface area (Å²) in [6.45, 7) is 3.83. The number of phenols is 1. The van der Waals surface area contributed by atoms with Gasteiger partial charge < -0.3 is 9.84 Å². The number of aromatic hydroxyl groups is 1. The molecule has 3 aromatic carbocycles. The normalized spacial score (nSPS) is 11.3. The van der Waals surface area contributed by atoms with E-state index in [1.807, 2.05) is 30.3 Å². The van der Waals surface area contributed by atoms with Gasteiger partial charge in [-0.2, -0.15) is 0 Å². The molecule has 26 heavy (non-hydrogen) atoms. The maximum absolute atomic E-state index is 13.0. The smallest absolute Gasteiger partial charge is 0.207 e. The van der Waals surface area contributed by atoms with Crippen molar-refractivity contribution in [3.63, 3.8) is 0 Å². The molecule has 0 fully saturated rings. The van der Waals surface area contributed by atoms with Crippen LogP contribution in [0.1, 0.15) is 16.7 Å². The third-order valence-corrected chi connectivity index (χ3v) is 6.21.